The molecule has 1 fully saturated rings. The molecule has 5 rings (SSSR count). The second kappa shape index (κ2) is 14.3. The van der Waals surface area contributed by atoms with E-state index in [1.165, 1.54) is 5.56 Å². The van der Waals surface area contributed by atoms with E-state index < -0.39 is 0 Å². The van der Waals surface area contributed by atoms with E-state index in [1.54, 1.807) is 18.9 Å². The number of piperazine rings is 1. The predicted molar refractivity (Wildman–Crippen MR) is 179 cm³/mol. The van der Waals surface area contributed by atoms with Crippen molar-refractivity contribution in [2.24, 2.45) is 0 Å². The molecule has 1 aliphatic heterocycles. The van der Waals surface area contributed by atoms with Crippen LogP contribution in [0.3, 0.4) is 0 Å². The van der Waals surface area contributed by atoms with Gasteiger partial charge in [0.1, 0.15) is 11.6 Å². The van der Waals surface area contributed by atoms with Crippen molar-refractivity contribution < 1.29 is 14.3 Å². The molecule has 2 amide bonds. The Bertz CT molecular complexity index is 1580. The third-order valence-electron chi connectivity index (χ3n) is 8.24. The van der Waals surface area contributed by atoms with E-state index in [0.29, 0.717) is 38.0 Å². The zero-order chi connectivity index (χ0) is 32.0. The zero-order valence-electron chi connectivity index (χ0n) is 26.9. The second-order valence-electron chi connectivity index (χ2n) is 12.6. The molecule has 0 radical (unpaired) electrons. The number of hydrogen-bond donors (Lipinski definition) is 0. The normalized spacial score (nSPS) is 15.3. The Morgan fingerprint density at radius 2 is 1.64 bits per heavy atom. The van der Waals surface area contributed by atoms with Gasteiger partial charge in [0.15, 0.2) is 5.16 Å². The molecule has 3 aromatic carbocycles. The van der Waals surface area contributed by atoms with E-state index in [1.807, 2.05) is 83.5 Å². The summed E-state index contributed by atoms with van der Waals surface area (Å²) in [6.45, 7) is 10.2. The Morgan fingerprint density at radius 3 is 2.29 bits per heavy atom. The molecule has 4 aromatic rings. The first-order chi connectivity index (χ1) is 21.6. The molecule has 1 unspecified atom stereocenters. The average Bonchev–Trinajstić information content (AvgIpc) is 3.44. The van der Waals surface area contributed by atoms with Gasteiger partial charge in [-0.25, -0.2) is 0 Å². The van der Waals surface area contributed by atoms with E-state index in [9.17, 15) is 9.59 Å². The minimum Gasteiger partial charge on any atom is -0.497 e. The lowest BCUT2D eigenvalue weighted by atomic mass is 9.86. The van der Waals surface area contributed by atoms with E-state index in [-0.39, 0.29) is 23.3 Å². The Morgan fingerprint density at radius 1 is 0.933 bits per heavy atom. The highest BCUT2D eigenvalue weighted by Crippen LogP contribution is 2.27. The van der Waals surface area contributed by atoms with Crippen LogP contribution in [0.25, 0.3) is 5.69 Å². The average molecular weight is 626 g/mol. The first kappa shape index (κ1) is 32.3. The maximum Gasteiger partial charge on any atom is 0.254 e. The quantitative estimate of drug-likeness (QED) is 0.150. The molecule has 0 aliphatic carbocycles. The summed E-state index contributed by atoms with van der Waals surface area (Å²) in [5.41, 5.74) is 4.07. The van der Waals surface area contributed by atoms with Gasteiger partial charge in [0.2, 0.25) is 5.91 Å². The third-order valence-corrected chi connectivity index (χ3v) is 9.26. The van der Waals surface area contributed by atoms with Gasteiger partial charge in [0.25, 0.3) is 5.91 Å². The fraction of sp³-hybridized carbons (Fsp3) is 0.389. The van der Waals surface area contributed by atoms with Crippen molar-refractivity contribution in [1.82, 2.24) is 24.6 Å². The van der Waals surface area contributed by atoms with Gasteiger partial charge < -0.3 is 14.5 Å². The smallest absolute Gasteiger partial charge is 0.254 e. The van der Waals surface area contributed by atoms with Gasteiger partial charge in [0, 0.05) is 55.5 Å². The van der Waals surface area contributed by atoms with Gasteiger partial charge in [-0.2, -0.15) is 0 Å². The highest BCUT2D eigenvalue weighted by molar-refractivity contribution is 7.99. The number of thioether (sulfide) groups is 1. The number of aromatic nitrogens is 3. The van der Waals surface area contributed by atoms with E-state index in [2.05, 4.69) is 47.7 Å². The molecule has 236 valence electrons. The van der Waals surface area contributed by atoms with Crippen molar-refractivity contribution in [2.75, 3.05) is 32.5 Å². The topological polar surface area (TPSA) is 80.6 Å². The lowest BCUT2D eigenvalue weighted by Crippen LogP contribution is -2.55. The monoisotopic (exact) mass is 625 g/mol. The maximum absolute atomic E-state index is 13.3. The summed E-state index contributed by atoms with van der Waals surface area (Å²) in [6, 6.07) is 26.0. The van der Waals surface area contributed by atoms with Gasteiger partial charge in [-0.3, -0.25) is 14.2 Å². The molecule has 1 saturated heterocycles. The van der Waals surface area contributed by atoms with Gasteiger partial charge in [-0.1, -0.05) is 75.0 Å². The lowest BCUT2D eigenvalue weighted by molar-refractivity contribution is -0.133. The van der Waals surface area contributed by atoms with Crippen LogP contribution in [-0.4, -0.2) is 74.9 Å². The van der Waals surface area contributed by atoms with E-state index in [4.69, 9.17) is 4.74 Å². The SMILES string of the molecule is COc1ccc(-n2c(Cc3ccccc3)nnc2SCCCC(=O)N2CCN(C(=O)c3ccc(C(C)(C)C)cc3)C(C)C2)cc1. The molecule has 1 atom stereocenters. The third kappa shape index (κ3) is 7.95. The van der Waals surface area contributed by atoms with Crippen LogP contribution in [0, 0.1) is 0 Å². The van der Waals surface area contributed by atoms with Crippen molar-refractivity contribution in [3.8, 4) is 11.4 Å². The fourth-order valence-corrected chi connectivity index (χ4v) is 6.50. The Hall–Kier alpha value is -4.11. The number of amides is 2. The van der Waals surface area contributed by atoms with Crippen LogP contribution >= 0.6 is 11.8 Å². The number of hydrogen-bond acceptors (Lipinski definition) is 6. The van der Waals surface area contributed by atoms with Crippen molar-refractivity contribution in [1.29, 1.82) is 0 Å². The van der Waals surface area contributed by atoms with Crippen LogP contribution in [-0.2, 0) is 16.6 Å². The van der Waals surface area contributed by atoms with Crippen molar-refractivity contribution >= 4 is 23.6 Å². The number of ether oxygens (including phenoxy) is 1. The van der Waals surface area contributed by atoms with Crippen LogP contribution in [0.1, 0.15) is 67.8 Å². The fourth-order valence-electron chi connectivity index (χ4n) is 5.59. The van der Waals surface area contributed by atoms with Crippen molar-refractivity contribution in [3.05, 3.63) is 101 Å². The van der Waals surface area contributed by atoms with Crippen LogP contribution in [0.5, 0.6) is 5.75 Å². The zero-order valence-corrected chi connectivity index (χ0v) is 27.7. The molecule has 8 nitrogen and oxygen atoms in total. The number of methoxy groups -OCH3 is 1. The Kier molecular flexibility index (Phi) is 10.3. The van der Waals surface area contributed by atoms with Crippen LogP contribution in [0.15, 0.2) is 84.0 Å². The number of nitrogens with zero attached hydrogens (tertiary/aromatic N) is 5. The molecule has 9 heteroatoms. The summed E-state index contributed by atoms with van der Waals surface area (Å²) in [5.74, 6) is 2.55. The molecule has 45 heavy (non-hydrogen) atoms. The maximum atomic E-state index is 13.3. The highest BCUT2D eigenvalue weighted by Gasteiger charge is 2.30. The van der Waals surface area contributed by atoms with Gasteiger partial charge in [-0.15, -0.1) is 10.2 Å². The number of rotatable bonds is 10. The highest BCUT2D eigenvalue weighted by atomic mass is 32.2. The minimum absolute atomic E-state index is 0.0269. The largest absolute Gasteiger partial charge is 0.497 e. The lowest BCUT2D eigenvalue weighted by Gasteiger charge is -2.40. The molecular weight excluding hydrogens is 582 g/mol. The standard InChI is InChI=1S/C36H43N5O3S/c1-26-25-39(21-22-40(26)34(43)28-13-15-29(16-14-28)36(2,3)4)33(42)12-9-23-45-35-38-37-32(24-27-10-7-6-8-11-27)41(35)30-17-19-31(44-5)20-18-30/h6-8,10-11,13-20,26H,9,12,21-25H2,1-5H3. The van der Waals surface area contributed by atoms with Crippen LogP contribution in [0.2, 0.25) is 0 Å². The summed E-state index contributed by atoms with van der Waals surface area (Å²) in [4.78, 5) is 30.2. The number of carbonyl (C=O) groups is 2. The van der Waals surface area contributed by atoms with Gasteiger partial charge in [0.05, 0.1) is 7.11 Å². The van der Waals surface area contributed by atoms with Crippen molar-refractivity contribution in [3.63, 3.8) is 0 Å². The molecule has 0 N–H and O–H groups in total. The molecular formula is C36H43N5O3S. The summed E-state index contributed by atoms with van der Waals surface area (Å²) in [6.07, 6.45) is 1.84. The summed E-state index contributed by atoms with van der Waals surface area (Å²) < 4.78 is 7.44. The minimum atomic E-state index is -0.0436. The second-order valence-corrected chi connectivity index (χ2v) is 13.6. The summed E-state index contributed by atoms with van der Waals surface area (Å²) >= 11 is 1.61. The van der Waals surface area contributed by atoms with E-state index in [0.717, 1.165) is 40.2 Å². The summed E-state index contributed by atoms with van der Waals surface area (Å²) in [5, 5.41) is 9.86. The predicted octanol–water partition coefficient (Wildman–Crippen LogP) is 6.41. The first-order valence-electron chi connectivity index (χ1n) is 15.6. The van der Waals surface area contributed by atoms with Crippen molar-refractivity contribution in [2.45, 2.75) is 63.6 Å². The summed E-state index contributed by atoms with van der Waals surface area (Å²) in [7, 11) is 1.66. The molecule has 0 bridgehead atoms. The van der Waals surface area contributed by atoms with Gasteiger partial charge >= 0.3 is 0 Å². The molecule has 1 aromatic heterocycles. The molecule has 0 saturated carbocycles. The number of benzene rings is 3. The Labute approximate surface area is 270 Å². The molecule has 1 aliphatic rings. The Balaban J connectivity index is 1.15. The first-order valence-corrected chi connectivity index (χ1v) is 16.6. The van der Waals surface area contributed by atoms with Crippen LogP contribution < -0.4 is 4.74 Å². The number of carbonyl (C=O) groups excluding carboxylic acids is 2. The van der Waals surface area contributed by atoms with Crippen LogP contribution in [0.4, 0.5) is 0 Å². The molecule has 2 heterocycles. The van der Waals surface area contributed by atoms with Gasteiger partial charge in [-0.05, 0) is 66.3 Å². The molecule has 0 spiro atoms. The van der Waals surface area contributed by atoms with E-state index >= 15 is 0 Å².